The van der Waals surface area contributed by atoms with E-state index in [1.54, 1.807) is 6.20 Å². The van der Waals surface area contributed by atoms with Gasteiger partial charge < -0.3 is 15.8 Å². The number of para-hydroxylation sites is 1. The lowest BCUT2D eigenvalue weighted by molar-refractivity contribution is -0.119. The zero-order valence-electron chi connectivity index (χ0n) is 17.2. The lowest BCUT2D eigenvalue weighted by Gasteiger charge is -2.20. The van der Waals surface area contributed by atoms with Crippen molar-refractivity contribution in [3.8, 4) is 5.75 Å². The predicted molar refractivity (Wildman–Crippen MR) is 119 cm³/mol. The highest BCUT2D eigenvalue weighted by Gasteiger charge is 2.34. The number of amides is 2. The molecule has 3 aromatic rings. The van der Waals surface area contributed by atoms with Crippen LogP contribution in [0.25, 0.3) is 10.9 Å². The van der Waals surface area contributed by atoms with Crippen molar-refractivity contribution in [3.05, 3.63) is 66.6 Å². The van der Waals surface area contributed by atoms with Gasteiger partial charge in [-0.25, -0.2) is 4.39 Å². The summed E-state index contributed by atoms with van der Waals surface area (Å²) < 4.78 is 19.0. The highest BCUT2D eigenvalue weighted by Crippen LogP contribution is 2.25. The predicted octanol–water partition coefficient (Wildman–Crippen LogP) is 2.38. The number of carbonyl (C=O) groups excluding carboxylic acids is 2. The van der Waals surface area contributed by atoms with Crippen molar-refractivity contribution in [3.63, 3.8) is 0 Å². The van der Waals surface area contributed by atoms with E-state index < -0.39 is 17.8 Å². The summed E-state index contributed by atoms with van der Waals surface area (Å²) in [5, 5.41) is 9.38. The molecule has 9 heteroatoms. The van der Waals surface area contributed by atoms with Crippen LogP contribution in [0.2, 0.25) is 0 Å². The lowest BCUT2D eigenvalue weighted by atomic mass is 10.1. The SMILES string of the molecule is NC(=O)C1CC(C(=O)NCCCOc2cccc3cccnc23)=NN1c1ccc(F)cc1. The van der Waals surface area contributed by atoms with Crippen molar-refractivity contribution < 1.29 is 18.7 Å². The number of hydrogen-bond donors (Lipinski definition) is 2. The Balaban J connectivity index is 1.31. The summed E-state index contributed by atoms with van der Waals surface area (Å²) in [5.41, 5.74) is 6.93. The number of pyridine rings is 1. The molecule has 0 saturated heterocycles. The van der Waals surface area contributed by atoms with Gasteiger partial charge in [0.25, 0.3) is 5.91 Å². The number of primary amides is 1. The molecule has 0 radical (unpaired) electrons. The lowest BCUT2D eigenvalue weighted by Crippen LogP contribution is -2.40. The first kappa shape index (κ1) is 21.2. The third-order valence-corrected chi connectivity index (χ3v) is 5.05. The maximum atomic E-state index is 13.2. The molecule has 2 heterocycles. The molecule has 164 valence electrons. The second-order valence-electron chi connectivity index (χ2n) is 7.28. The minimum absolute atomic E-state index is 0.0801. The van der Waals surface area contributed by atoms with Gasteiger partial charge in [0.05, 0.1) is 12.3 Å². The van der Waals surface area contributed by atoms with E-state index in [4.69, 9.17) is 10.5 Å². The topological polar surface area (TPSA) is 110 Å². The Morgan fingerprint density at radius 1 is 1.16 bits per heavy atom. The van der Waals surface area contributed by atoms with E-state index in [-0.39, 0.29) is 18.0 Å². The van der Waals surface area contributed by atoms with Crippen LogP contribution < -0.4 is 20.8 Å². The first-order chi connectivity index (χ1) is 15.5. The van der Waals surface area contributed by atoms with E-state index in [0.29, 0.717) is 31.0 Å². The van der Waals surface area contributed by atoms with Crippen LogP contribution in [0.3, 0.4) is 0 Å². The Morgan fingerprint density at radius 2 is 1.94 bits per heavy atom. The summed E-state index contributed by atoms with van der Waals surface area (Å²) in [6.45, 7) is 0.766. The van der Waals surface area contributed by atoms with Gasteiger partial charge in [0.15, 0.2) is 0 Å². The minimum Gasteiger partial charge on any atom is -0.491 e. The van der Waals surface area contributed by atoms with Gasteiger partial charge in [-0.3, -0.25) is 19.6 Å². The first-order valence-corrected chi connectivity index (χ1v) is 10.2. The standard InChI is InChI=1S/C23H22FN5O3/c24-16-7-9-17(10-8-16)29-19(22(25)30)14-18(28-29)23(31)27-12-3-13-32-20-6-1-4-15-5-2-11-26-21(15)20/h1-2,4-11,19H,3,12-14H2,(H2,25,30)(H,27,31). The molecule has 2 aromatic carbocycles. The van der Waals surface area contributed by atoms with E-state index in [1.165, 1.54) is 29.3 Å². The van der Waals surface area contributed by atoms with E-state index in [1.807, 2.05) is 30.3 Å². The van der Waals surface area contributed by atoms with Crippen LogP contribution in [0.5, 0.6) is 5.75 Å². The van der Waals surface area contributed by atoms with Crippen LogP contribution in [0.1, 0.15) is 12.8 Å². The van der Waals surface area contributed by atoms with Gasteiger partial charge in [0, 0.05) is 24.5 Å². The maximum Gasteiger partial charge on any atom is 0.267 e. The molecule has 1 aliphatic heterocycles. The highest BCUT2D eigenvalue weighted by atomic mass is 19.1. The summed E-state index contributed by atoms with van der Waals surface area (Å²) in [6, 6.07) is 14.2. The Bertz CT molecular complexity index is 1160. The molecule has 1 unspecified atom stereocenters. The van der Waals surface area contributed by atoms with Crippen LogP contribution >= 0.6 is 0 Å². The Hall–Kier alpha value is -4.01. The van der Waals surface area contributed by atoms with Crippen molar-refractivity contribution in [1.29, 1.82) is 0 Å². The van der Waals surface area contributed by atoms with Crippen LogP contribution in [-0.4, -0.2) is 41.7 Å². The third kappa shape index (κ3) is 4.66. The smallest absolute Gasteiger partial charge is 0.267 e. The molecule has 0 spiro atoms. The molecule has 3 N–H and O–H groups in total. The molecular formula is C23H22FN5O3. The number of fused-ring (bicyclic) bond motifs is 1. The molecule has 8 nitrogen and oxygen atoms in total. The Kier molecular flexibility index (Phi) is 6.25. The number of rotatable bonds is 8. The van der Waals surface area contributed by atoms with Crippen LogP contribution in [0.4, 0.5) is 10.1 Å². The normalized spacial score (nSPS) is 15.5. The largest absolute Gasteiger partial charge is 0.491 e. The maximum absolute atomic E-state index is 13.2. The Labute approximate surface area is 183 Å². The van der Waals surface area contributed by atoms with E-state index >= 15 is 0 Å². The number of carbonyl (C=O) groups is 2. The monoisotopic (exact) mass is 435 g/mol. The van der Waals surface area contributed by atoms with Crippen molar-refractivity contribution in [2.45, 2.75) is 18.9 Å². The number of hydrogen-bond acceptors (Lipinski definition) is 6. The fraction of sp³-hybridized carbons (Fsp3) is 0.217. The van der Waals surface area contributed by atoms with E-state index in [2.05, 4.69) is 15.4 Å². The van der Waals surface area contributed by atoms with Crippen molar-refractivity contribution in [2.24, 2.45) is 10.8 Å². The van der Waals surface area contributed by atoms with Gasteiger partial charge in [0.2, 0.25) is 5.91 Å². The fourth-order valence-electron chi connectivity index (χ4n) is 3.45. The molecule has 2 amide bonds. The van der Waals surface area contributed by atoms with Crippen LogP contribution in [0.15, 0.2) is 65.9 Å². The van der Waals surface area contributed by atoms with Crippen LogP contribution in [-0.2, 0) is 9.59 Å². The van der Waals surface area contributed by atoms with Gasteiger partial charge in [-0.15, -0.1) is 0 Å². The summed E-state index contributed by atoms with van der Waals surface area (Å²) in [7, 11) is 0. The number of aromatic nitrogens is 1. The summed E-state index contributed by atoms with van der Waals surface area (Å²) in [5.74, 6) is -0.716. The molecule has 32 heavy (non-hydrogen) atoms. The number of nitrogens with one attached hydrogen (secondary N) is 1. The molecule has 1 atom stereocenters. The number of nitrogens with zero attached hydrogens (tertiary/aromatic N) is 3. The first-order valence-electron chi connectivity index (χ1n) is 10.2. The second-order valence-corrected chi connectivity index (χ2v) is 7.28. The number of ether oxygens (including phenoxy) is 1. The number of nitrogens with two attached hydrogens (primary N) is 1. The number of halogens is 1. The van der Waals surface area contributed by atoms with Crippen molar-refractivity contribution in [2.75, 3.05) is 18.2 Å². The van der Waals surface area contributed by atoms with Gasteiger partial charge in [0.1, 0.15) is 28.8 Å². The van der Waals surface area contributed by atoms with Gasteiger partial charge in [-0.1, -0.05) is 18.2 Å². The molecule has 0 aliphatic carbocycles. The Morgan fingerprint density at radius 3 is 2.72 bits per heavy atom. The fourth-order valence-corrected chi connectivity index (χ4v) is 3.45. The molecular weight excluding hydrogens is 413 g/mol. The van der Waals surface area contributed by atoms with E-state index in [0.717, 1.165) is 10.9 Å². The van der Waals surface area contributed by atoms with Gasteiger partial charge in [-0.2, -0.15) is 5.10 Å². The van der Waals surface area contributed by atoms with Crippen molar-refractivity contribution >= 4 is 34.1 Å². The average molecular weight is 435 g/mol. The third-order valence-electron chi connectivity index (χ3n) is 5.05. The quantitative estimate of drug-likeness (QED) is 0.528. The molecule has 1 aromatic heterocycles. The summed E-state index contributed by atoms with van der Waals surface area (Å²) in [4.78, 5) is 28.7. The molecule has 0 saturated carbocycles. The van der Waals surface area contributed by atoms with Gasteiger partial charge >= 0.3 is 0 Å². The van der Waals surface area contributed by atoms with Crippen LogP contribution in [0, 0.1) is 5.82 Å². The number of benzene rings is 2. The summed E-state index contributed by atoms with van der Waals surface area (Å²) >= 11 is 0. The number of anilines is 1. The molecule has 4 rings (SSSR count). The average Bonchev–Trinajstić information content (AvgIpc) is 3.25. The summed E-state index contributed by atoms with van der Waals surface area (Å²) in [6.07, 6.45) is 2.37. The highest BCUT2D eigenvalue weighted by molar-refractivity contribution is 6.40. The molecule has 0 bridgehead atoms. The van der Waals surface area contributed by atoms with Gasteiger partial charge in [-0.05, 0) is 42.8 Å². The number of hydrazone groups is 1. The molecule has 0 fully saturated rings. The van der Waals surface area contributed by atoms with Crippen molar-refractivity contribution in [1.82, 2.24) is 10.3 Å². The van der Waals surface area contributed by atoms with E-state index in [9.17, 15) is 14.0 Å². The zero-order chi connectivity index (χ0) is 22.5. The second kappa shape index (κ2) is 9.42. The molecule has 1 aliphatic rings. The zero-order valence-corrected chi connectivity index (χ0v) is 17.2. The minimum atomic E-state index is -0.802.